The normalized spacial score (nSPS) is 26.9. The van der Waals surface area contributed by atoms with E-state index in [0.717, 1.165) is 25.7 Å². The molecule has 0 aromatic heterocycles. The van der Waals surface area contributed by atoms with Gasteiger partial charge in [0.25, 0.3) is 5.91 Å². The van der Waals surface area contributed by atoms with E-state index in [1.54, 1.807) is 31.4 Å². The van der Waals surface area contributed by atoms with Gasteiger partial charge < -0.3 is 15.8 Å². The molecule has 1 saturated heterocycles. The predicted molar refractivity (Wildman–Crippen MR) is 102 cm³/mol. The van der Waals surface area contributed by atoms with Crippen LogP contribution >= 0.6 is 12.2 Å². The van der Waals surface area contributed by atoms with Crippen molar-refractivity contribution in [3.8, 4) is 5.75 Å². The van der Waals surface area contributed by atoms with E-state index in [-0.39, 0.29) is 17.2 Å². The number of hydrogen-bond acceptors (Lipinski definition) is 5. The highest BCUT2D eigenvalue weighted by atomic mass is 32.1. The lowest BCUT2D eigenvalue weighted by Gasteiger charge is -2.31. The number of benzene rings is 1. The van der Waals surface area contributed by atoms with E-state index < -0.39 is 17.7 Å². The molecule has 8 heteroatoms. The number of quaternary nitrogens is 1. The molecule has 1 aliphatic heterocycles. The smallest absolute Gasteiger partial charge is 0.251 e. The molecular weight excluding hydrogens is 352 g/mol. The van der Waals surface area contributed by atoms with Crippen molar-refractivity contribution in [2.45, 2.75) is 37.8 Å². The third-order valence-electron chi connectivity index (χ3n) is 4.81. The molecular formula is C18H23N4O3S+. The molecule has 0 radical (unpaired) electrons. The SMILES string of the molecule is COc1cccc(N2C(=O)[C@H](C=N[C@H]3CCCC[C@H]3[NH3+])C(=O)NC2=S)c1. The minimum atomic E-state index is -0.998. The van der Waals surface area contributed by atoms with Crippen molar-refractivity contribution in [2.75, 3.05) is 12.0 Å². The maximum absolute atomic E-state index is 12.9. The Bertz CT molecular complexity index is 752. The van der Waals surface area contributed by atoms with Crippen LogP contribution in [0.15, 0.2) is 29.3 Å². The van der Waals surface area contributed by atoms with E-state index >= 15 is 0 Å². The molecule has 0 unspecified atom stereocenters. The summed E-state index contributed by atoms with van der Waals surface area (Å²) in [4.78, 5) is 31.1. The van der Waals surface area contributed by atoms with Gasteiger partial charge in [0, 0.05) is 18.7 Å². The number of nitrogens with zero attached hydrogens (tertiary/aromatic N) is 2. The van der Waals surface area contributed by atoms with Crippen molar-refractivity contribution in [1.82, 2.24) is 5.32 Å². The summed E-state index contributed by atoms with van der Waals surface area (Å²) in [5, 5.41) is 2.66. The molecule has 1 saturated carbocycles. The Morgan fingerprint density at radius 1 is 1.35 bits per heavy atom. The zero-order valence-corrected chi connectivity index (χ0v) is 15.5. The molecule has 1 heterocycles. The quantitative estimate of drug-likeness (QED) is 0.459. The van der Waals surface area contributed by atoms with Crippen LogP contribution in [0.2, 0.25) is 0 Å². The van der Waals surface area contributed by atoms with Crippen LogP contribution in [0.5, 0.6) is 5.75 Å². The average molecular weight is 375 g/mol. The Morgan fingerprint density at radius 3 is 2.85 bits per heavy atom. The highest BCUT2D eigenvalue weighted by Crippen LogP contribution is 2.25. The van der Waals surface area contributed by atoms with Crippen LogP contribution in [0.1, 0.15) is 25.7 Å². The molecule has 3 rings (SSSR count). The van der Waals surface area contributed by atoms with Crippen molar-refractivity contribution < 1.29 is 20.1 Å². The van der Waals surface area contributed by atoms with Gasteiger partial charge >= 0.3 is 0 Å². The topological polar surface area (TPSA) is 98.6 Å². The number of anilines is 1. The molecule has 0 spiro atoms. The summed E-state index contributed by atoms with van der Waals surface area (Å²) in [6.45, 7) is 0. The van der Waals surface area contributed by atoms with Gasteiger partial charge in [-0.15, -0.1) is 0 Å². The van der Waals surface area contributed by atoms with E-state index in [1.807, 2.05) is 0 Å². The molecule has 1 aliphatic carbocycles. The van der Waals surface area contributed by atoms with Gasteiger partial charge in [-0.25, -0.2) is 0 Å². The molecule has 2 aliphatic rings. The molecule has 138 valence electrons. The fourth-order valence-electron chi connectivity index (χ4n) is 3.30. The molecule has 1 aromatic rings. The Hall–Kier alpha value is -2.32. The van der Waals surface area contributed by atoms with E-state index in [9.17, 15) is 9.59 Å². The first kappa shape index (κ1) is 18.5. The Kier molecular flexibility index (Phi) is 5.63. The molecule has 4 N–H and O–H groups in total. The summed E-state index contributed by atoms with van der Waals surface area (Å²) in [7, 11) is 1.55. The van der Waals surface area contributed by atoms with Gasteiger partial charge in [-0.2, -0.15) is 0 Å². The van der Waals surface area contributed by atoms with Gasteiger partial charge in [-0.3, -0.25) is 19.5 Å². The summed E-state index contributed by atoms with van der Waals surface area (Å²) in [6, 6.07) is 7.25. The average Bonchev–Trinajstić information content (AvgIpc) is 2.63. The summed E-state index contributed by atoms with van der Waals surface area (Å²) in [6.07, 6.45) is 5.67. The maximum Gasteiger partial charge on any atom is 0.251 e. The molecule has 1 aromatic carbocycles. The number of nitrogens with one attached hydrogen (secondary N) is 1. The fraction of sp³-hybridized carbons (Fsp3) is 0.444. The molecule has 0 bridgehead atoms. The Balaban J connectivity index is 1.83. The van der Waals surface area contributed by atoms with Crippen LogP contribution in [0.4, 0.5) is 5.69 Å². The van der Waals surface area contributed by atoms with Crippen LogP contribution < -0.4 is 20.7 Å². The zero-order chi connectivity index (χ0) is 18.7. The Morgan fingerprint density at radius 2 is 2.12 bits per heavy atom. The van der Waals surface area contributed by atoms with Gasteiger partial charge in [0.1, 0.15) is 17.8 Å². The van der Waals surface area contributed by atoms with Crippen LogP contribution in [-0.4, -0.2) is 42.3 Å². The largest absolute Gasteiger partial charge is 0.497 e. The van der Waals surface area contributed by atoms with Gasteiger partial charge in [0.2, 0.25) is 5.91 Å². The fourth-order valence-corrected chi connectivity index (χ4v) is 3.59. The van der Waals surface area contributed by atoms with Crippen LogP contribution in [-0.2, 0) is 9.59 Å². The third-order valence-corrected chi connectivity index (χ3v) is 5.09. The summed E-state index contributed by atoms with van der Waals surface area (Å²) in [5.41, 5.74) is 4.68. The van der Waals surface area contributed by atoms with E-state index in [4.69, 9.17) is 17.0 Å². The number of rotatable bonds is 4. The number of carbonyl (C=O) groups is 2. The number of aliphatic imine (C=N–C) groups is 1. The van der Waals surface area contributed by atoms with Crippen molar-refractivity contribution in [3.05, 3.63) is 24.3 Å². The molecule has 2 amide bonds. The minimum absolute atomic E-state index is 0.0588. The molecule has 3 atom stereocenters. The van der Waals surface area contributed by atoms with E-state index in [1.165, 1.54) is 11.1 Å². The first-order valence-electron chi connectivity index (χ1n) is 8.70. The number of amides is 2. The second-order valence-electron chi connectivity index (χ2n) is 6.56. The molecule has 26 heavy (non-hydrogen) atoms. The number of ether oxygens (including phenoxy) is 1. The number of thiocarbonyl (C=S) groups is 1. The van der Waals surface area contributed by atoms with Crippen LogP contribution in [0, 0.1) is 5.92 Å². The highest BCUT2D eigenvalue weighted by molar-refractivity contribution is 7.80. The second kappa shape index (κ2) is 7.92. The lowest BCUT2D eigenvalue weighted by Crippen LogP contribution is -2.66. The first-order valence-corrected chi connectivity index (χ1v) is 9.11. The Labute approximate surface area is 157 Å². The lowest BCUT2D eigenvalue weighted by atomic mass is 9.91. The summed E-state index contributed by atoms with van der Waals surface area (Å²) in [5.74, 6) is -1.25. The maximum atomic E-state index is 12.9. The predicted octanol–water partition coefficient (Wildman–Crippen LogP) is 0.683. The highest BCUT2D eigenvalue weighted by Gasteiger charge is 2.39. The van der Waals surface area contributed by atoms with Crippen molar-refractivity contribution in [3.63, 3.8) is 0 Å². The first-order chi connectivity index (χ1) is 12.5. The van der Waals surface area contributed by atoms with E-state index in [2.05, 4.69) is 16.0 Å². The summed E-state index contributed by atoms with van der Waals surface area (Å²) < 4.78 is 5.20. The summed E-state index contributed by atoms with van der Waals surface area (Å²) >= 11 is 5.20. The van der Waals surface area contributed by atoms with Crippen LogP contribution in [0.3, 0.4) is 0 Å². The van der Waals surface area contributed by atoms with Gasteiger partial charge in [0.05, 0.1) is 12.8 Å². The standard InChI is InChI=1S/C18H22N4O3S/c1-25-12-6-4-5-11(9-12)22-17(24)13(16(23)21-18(22)26)10-20-15-8-3-2-7-14(15)19/h4-6,9-10,13-15H,2-3,7-8,19H2,1H3,(H,21,23,26)/p+1/t13-,14-,15+/m1/s1. The van der Waals surface area contributed by atoms with Crippen molar-refractivity contribution in [2.24, 2.45) is 10.9 Å². The third kappa shape index (κ3) is 3.76. The second-order valence-corrected chi connectivity index (χ2v) is 6.94. The number of methoxy groups -OCH3 is 1. The molecule has 7 nitrogen and oxygen atoms in total. The number of hydrogen-bond donors (Lipinski definition) is 2. The van der Waals surface area contributed by atoms with Gasteiger partial charge in [-0.1, -0.05) is 12.5 Å². The minimum Gasteiger partial charge on any atom is -0.497 e. The van der Waals surface area contributed by atoms with Gasteiger partial charge in [0.15, 0.2) is 11.0 Å². The molecule has 2 fully saturated rings. The van der Waals surface area contributed by atoms with E-state index in [0.29, 0.717) is 11.4 Å². The van der Waals surface area contributed by atoms with Crippen molar-refractivity contribution in [1.29, 1.82) is 0 Å². The lowest BCUT2D eigenvalue weighted by molar-refractivity contribution is -0.428. The van der Waals surface area contributed by atoms with Gasteiger partial charge in [-0.05, 0) is 37.2 Å². The van der Waals surface area contributed by atoms with Crippen LogP contribution in [0.25, 0.3) is 0 Å². The zero-order valence-electron chi connectivity index (χ0n) is 14.7. The number of carbonyl (C=O) groups excluding carboxylic acids is 2. The monoisotopic (exact) mass is 375 g/mol. The van der Waals surface area contributed by atoms with Crippen molar-refractivity contribution >= 4 is 41.0 Å².